The molecular weight excluding hydrogens is 286 g/mol. The Labute approximate surface area is 127 Å². The zero-order valence-electron chi connectivity index (χ0n) is 11.6. The average molecular weight is 300 g/mol. The Bertz CT molecular complexity index is 752. The van der Waals surface area contributed by atoms with Crippen molar-refractivity contribution in [2.24, 2.45) is 0 Å². The number of halogens is 1. The molecular formula is C17H14ClNO2. The van der Waals surface area contributed by atoms with Gasteiger partial charge in [0.05, 0.1) is 5.02 Å². The maximum atomic E-state index is 12.6. The summed E-state index contributed by atoms with van der Waals surface area (Å²) in [7, 11) is 0. The molecule has 3 nitrogen and oxygen atoms in total. The van der Waals surface area contributed by atoms with Gasteiger partial charge in [-0.3, -0.25) is 9.59 Å². The molecule has 0 unspecified atom stereocenters. The summed E-state index contributed by atoms with van der Waals surface area (Å²) in [6, 6.07) is 10.6. The molecule has 1 aliphatic rings. The van der Waals surface area contributed by atoms with Crippen molar-refractivity contribution in [2.75, 3.05) is 6.54 Å². The Morgan fingerprint density at radius 1 is 1.19 bits per heavy atom. The highest BCUT2D eigenvalue weighted by molar-refractivity contribution is 6.35. The number of benzene rings is 2. The first-order valence-electron chi connectivity index (χ1n) is 6.78. The Balaban J connectivity index is 2.02. The van der Waals surface area contributed by atoms with Gasteiger partial charge in [-0.2, -0.15) is 0 Å². The smallest absolute Gasteiger partial charge is 0.251 e. The van der Waals surface area contributed by atoms with Gasteiger partial charge in [0, 0.05) is 23.2 Å². The van der Waals surface area contributed by atoms with Gasteiger partial charge in [-0.15, -0.1) is 0 Å². The zero-order chi connectivity index (χ0) is 15.0. The third-order valence-electron chi connectivity index (χ3n) is 3.67. The van der Waals surface area contributed by atoms with E-state index in [0.29, 0.717) is 28.3 Å². The molecule has 0 saturated heterocycles. The molecule has 3 rings (SSSR count). The summed E-state index contributed by atoms with van der Waals surface area (Å²) in [5.41, 5.74) is 3.50. The van der Waals surface area contributed by atoms with Crippen LogP contribution in [-0.4, -0.2) is 18.2 Å². The van der Waals surface area contributed by atoms with Gasteiger partial charge < -0.3 is 5.32 Å². The van der Waals surface area contributed by atoms with Crippen LogP contribution >= 0.6 is 11.6 Å². The van der Waals surface area contributed by atoms with Crippen molar-refractivity contribution >= 4 is 23.3 Å². The molecule has 2 aromatic rings. The summed E-state index contributed by atoms with van der Waals surface area (Å²) in [4.78, 5) is 24.4. The lowest BCUT2D eigenvalue weighted by molar-refractivity contribution is 0.0946. The lowest BCUT2D eigenvalue weighted by Crippen LogP contribution is -2.32. The molecule has 1 amide bonds. The number of hydrogen-bond acceptors (Lipinski definition) is 2. The fourth-order valence-corrected chi connectivity index (χ4v) is 2.83. The summed E-state index contributed by atoms with van der Waals surface area (Å²) in [6.07, 6.45) is 0.792. The number of carbonyl (C=O) groups excluding carboxylic acids is 2. The molecule has 2 aromatic carbocycles. The minimum Gasteiger partial charge on any atom is -0.352 e. The SMILES string of the molecule is Cc1ccc(C(=O)c2ccc3c(c2)C(=O)NCC3)c(Cl)c1. The van der Waals surface area contributed by atoms with E-state index in [-0.39, 0.29) is 11.7 Å². The second-order valence-electron chi connectivity index (χ2n) is 5.19. The van der Waals surface area contributed by atoms with E-state index in [4.69, 9.17) is 11.6 Å². The van der Waals surface area contributed by atoms with Crippen LogP contribution in [-0.2, 0) is 6.42 Å². The predicted molar refractivity (Wildman–Crippen MR) is 82.1 cm³/mol. The summed E-state index contributed by atoms with van der Waals surface area (Å²) < 4.78 is 0. The molecule has 4 heteroatoms. The molecule has 21 heavy (non-hydrogen) atoms. The van der Waals surface area contributed by atoms with Crippen molar-refractivity contribution in [3.05, 3.63) is 69.2 Å². The summed E-state index contributed by atoms with van der Waals surface area (Å²) in [5.74, 6) is -0.290. The van der Waals surface area contributed by atoms with Crippen molar-refractivity contribution < 1.29 is 9.59 Å². The maximum Gasteiger partial charge on any atom is 0.251 e. The molecule has 0 aromatic heterocycles. The number of carbonyl (C=O) groups is 2. The topological polar surface area (TPSA) is 46.2 Å². The molecule has 0 saturated carbocycles. The lowest BCUT2D eigenvalue weighted by Gasteiger charge is -2.17. The molecule has 1 aliphatic heterocycles. The fourth-order valence-electron chi connectivity index (χ4n) is 2.51. The first kappa shape index (κ1) is 13.8. The monoisotopic (exact) mass is 299 g/mol. The summed E-state index contributed by atoms with van der Waals surface area (Å²) in [6.45, 7) is 2.56. The first-order valence-corrected chi connectivity index (χ1v) is 7.16. The van der Waals surface area contributed by atoms with Crippen molar-refractivity contribution in [1.82, 2.24) is 5.32 Å². The number of nitrogens with one attached hydrogen (secondary N) is 1. The van der Waals surface area contributed by atoms with E-state index >= 15 is 0 Å². The van der Waals surface area contributed by atoms with Gasteiger partial charge in [0.1, 0.15) is 0 Å². The minimum atomic E-state index is -0.166. The number of rotatable bonds is 2. The Hall–Kier alpha value is -2.13. The highest BCUT2D eigenvalue weighted by Gasteiger charge is 2.20. The molecule has 106 valence electrons. The van der Waals surface area contributed by atoms with Gasteiger partial charge in [0.15, 0.2) is 5.78 Å². The highest BCUT2D eigenvalue weighted by atomic mass is 35.5. The van der Waals surface area contributed by atoms with Crippen LogP contribution in [0, 0.1) is 6.92 Å². The molecule has 0 spiro atoms. The standard InChI is InChI=1S/C17H14ClNO2/c1-10-2-5-13(15(18)8-10)16(20)12-4-3-11-6-7-19-17(21)14(11)9-12/h2-5,8-9H,6-7H2,1H3,(H,19,21). The Morgan fingerprint density at radius 3 is 2.76 bits per heavy atom. The zero-order valence-corrected chi connectivity index (χ0v) is 12.3. The molecule has 0 radical (unpaired) electrons. The molecule has 1 N–H and O–H groups in total. The number of ketones is 1. The van der Waals surface area contributed by atoms with Crippen LogP contribution in [0.3, 0.4) is 0 Å². The van der Waals surface area contributed by atoms with E-state index in [1.54, 1.807) is 24.3 Å². The predicted octanol–water partition coefficient (Wildman–Crippen LogP) is 3.17. The normalized spacial score (nSPS) is 13.5. The highest BCUT2D eigenvalue weighted by Crippen LogP contribution is 2.23. The number of amides is 1. The van der Waals surface area contributed by atoms with Crippen molar-refractivity contribution in [3.63, 3.8) is 0 Å². The van der Waals surface area contributed by atoms with Gasteiger partial charge in [0.2, 0.25) is 0 Å². The number of fused-ring (bicyclic) bond motifs is 1. The van der Waals surface area contributed by atoms with Crippen LogP contribution in [0.25, 0.3) is 0 Å². The van der Waals surface area contributed by atoms with E-state index < -0.39 is 0 Å². The van der Waals surface area contributed by atoms with E-state index in [1.165, 1.54) is 0 Å². The molecule has 0 aliphatic carbocycles. The number of aryl methyl sites for hydroxylation is 1. The first-order chi connectivity index (χ1) is 10.1. The van der Waals surface area contributed by atoms with Crippen LogP contribution < -0.4 is 5.32 Å². The van der Waals surface area contributed by atoms with Gasteiger partial charge >= 0.3 is 0 Å². The van der Waals surface area contributed by atoms with Gasteiger partial charge in [-0.25, -0.2) is 0 Å². The third-order valence-corrected chi connectivity index (χ3v) is 3.98. The van der Waals surface area contributed by atoms with Crippen molar-refractivity contribution in [2.45, 2.75) is 13.3 Å². The van der Waals surface area contributed by atoms with E-state index in [9.17, 15) is 9.59 Å². The lowest BCUT2D eigenvalue weighted by atomic mass is 9.94. The molecule has 0 atom stereocenters. The molecule has 0 fully saturated rings. The quantitative estimate of drug-likeness (QED) is 0.866. The summed E-state index contributed by atoms with van der Waals surface area (Å²) in [5, 5.41) is 3.22. The largest absolute Gasteiger partial charge is 0.352 e. The van der Waals surface area contributed by atoms with Crippen molar-refractivity contribution in [1.29, 1.82) is 0 Å². The third kappa shape index (κ3) is 2.57. The van der Waals surface area contributed by atoms with E-state index in [0.717, 1.165) is 17.5 Å². The van der Waals surface area contributed by atoms with Crippen molar-refractivity contribution in [3.8, 4) is 0 Å². The fraction of sp³-hybridized carbons (Fsp3) is 0.176. The van der Waals surface area contributed by atoms with Gasteiger partial charge in [-0.05, 0) is 42.7 Å². The van der Waals surface area contributed by atoms with Crippen LogP contribution in [0.5, 0.6) is 0 Å². The maximum absolute atomic E-state index is 12.6. The average Bonchev–Trinajstić information content (AvgIpc) is 2.47. The second-order valence-corrected chi connectivity index (χ2v) is 5.60. The Kier molecular flexibility index (Phi) is 3.52. The van der Waals surface area contributed by atoms with Crippen LogP contribution in [0.1, 0.15) is 37.4 Å². The van der Waals surface area contributed by atoms with Crippen LogP contribution in [0.15, 0.2) is 36.4 Å². The second kappa shape index (κ2) is 5.34. The Morgan fingerprint density at radius 2 is 2.00 bits per heavy atom. The number of hydrogen-bond donors (Lipinski definition) is 1. The van der Waals surface area contributed by atoms with Crippen LogP contribution in [0.4, 0.5) is 0 Å². The van der Waals surface area contributed by atoms with Gasteiger partial charge in [-0.1, -0.05) is 29.8 Å². The van der Waals surface area contributed by atoms with Gasteiger partial charge in [0.25, 0.3) is 5.91 Å². The van der Waals surface area contributed by atoms with E-state index in [1.807, 2.05) is 19.1 Å². The molecule has 1 heterocycles. The van der Waals surface area contributed by atoms with Crippen LogP contribution in [0.2, 0.25) is 5.02 Å². The molecule has 0 bridgehead atoms. The summed E-state index contributed by atoms with van der Waals surface area (Å²) >= 11 is 6.15. The van der Waals surface area contributed by atoms with E-state index in [2.05, 4.69) is 5.32 Å². The minimum absolute atomic E-state index is 0.124.